The number of nitrogens with zero attached hydrogens (tertiary/aromatic N) is 1. The van der Waals surface area contributed by atoms with E-state index in [1.807, 2.05) is 79.7 Å². The number of hydrogen-bond donors (Lipinski definition) is 1. The summed E-state index contributed by atoms with van der Waals surface area (Å²) in [4.78, 5) is 17.7. The molecule has 0 aliphatic carbocycles. The zero-order chi connectivity index (χ0) is 21.5. The van der Waals surface area contributed by atoms with Crippen LogP contribution in [-0.2, 0) is 13.0 Å². The van der Waals surface area contributed by atoms with E-state index in [-0.39, 0.29) is 11.9 Å². The van der Waals surface area contributed by atoms with E-state index >= 15 is 0 Å². The van der Waals surface area contributed by atoms with Gasteiger partial charge in [0, 0.05) is 17.5 Å². The number of pyridine rings is 1. The van der Waals surface area contributed by atoms with Crippen LogP contribution in [0.5, 0.6) is 5.88 Å². The van der Waals surface area contributed by atoms with Crippen molar-refractivity contribution < 1.29 is 9.53 Å². The Morgan fingerprint density at radius 3 is 2.29 bits per heavy atom. The molecule has 156 valence electrons. The third-order valence-electron chi connectivity index (χ3n) is 5.25. The summed E-state index contributed by atoms with van der Waals surface area (Å²) in [5, 5.41) is 3.96. The van der Waals surface area contributed by atoms with Crippen LogP contribution in [0.3, 0.4) is 0 Å². The zero-order valence-electron chi connectivity index (χ0n) is 17.6. The molecule has 0 aliphatic rings. The molecule has 1 amide bonds. The lowest BCUT2D eigenvalue weighted by atomic mass is 10.0. The minimum Gasteiger partial charge on any atom is -0.473 e. The number of carbonyl (C=O) groups is 1. The lowest BCUT2D eigenvalue weighted by Gasteiger charge is -2.16. The van der Waals surface area contributed by atoms with Gasteiger partial charge in [-0.1, -0.05) is 78.9 Å². The van der Waals surface area contributed by atoms with Gasteiger partial charge in [-0.15, -0.1) is 0 Å². The van der Waals surface area contributed by atoms with Gasteiger partial charge in [-0.2, -0.15) is 0 Å². The SMILES string of the molecule is C[C@@H](CCc1ccccc1)NC(=O)c1cc(OCc2ccccc2)nc2ccccc12. The number of aromatic nitrogens is 1. The first-order chi connectivity index (χ1) is 15.2. The van der Waals surface area contributed by atoms with Crippen LogP contribution in [0.2, 0.25) is 0 Å². The third kappa shape index (κ3) is 5.48. The molecular formula is C27H26N2O2. The average molecular weight is 411 g/mol. The normalized spacial score (nSPS) is 11.8. The quantitative estimate of drug-likeness (QED) is 0.413. The maximum atomic E-state index is 13.1. The van der Waals surface area contributed by atoms with Gasteiger partial charge in [-0.3, -0.25) is 4.79 Å². The molecule has 0 bridgehead atoms. The summed E-state index contributed by atoms with van der Waals surface area (Å²) >= 11 is 0. The highest BCUT2D eigenvalue weighted by Gasteiger charge is 2.16. The van der Waals surface area contributed by atoms with E-state index in [1.165, 1.54) is 5.56 Å². The number of aryl methyl sites for hydroxylation is 1. The van der Waals surface area contributed by atoms with Crippen LogP contribution in [0.15, 0.2) is 91.0 Å². The minimum absolute atomic E-state index is 0.0494. The van der Waals surface area contributed by atoms with Crippen LogP contribution < -0.4 is 10.1 Å². The third-order valence-corrected chi connectivity index (χ3v) is 5.25. The van der Waals surface area contributed by atoms with Gasteiger partial charge < -0.3 is 10.1 Å². The summed E-state index contributed by atoms with van der Waals surface area (Å²) < 4.78 is 5.91. The highest BCUT2D eigenvalue weighted by Crippen LogP contribution is 2.23. The molecular weight excluding hydrogens is 384 g/mol. The summed E-state index contributed by atoms with van der Waals surface area (Å²) in [6.45, 7) is 2.44. The van der Waals surface area contributed by atoms with E-state index in [0.717, 1.165) is 29.3 Å². The molecule has 0 spiro atoms. The van der Waals surface area contributed by atoms with Crippen molar-refractivity contribution in [1.82, 2.24) is 10.3 Å². The Hall–Kier alpha value is -3.66. The fourth-order valence-corrected chi connectivity index (χ4v) is 3.55. The van der Waals surface area contributed by atoms with Gasteiger partial charge in [0.2, 0.25) is 5.88 Å². The Bertz CT molecular complexity index is 1140. The molecule has 1 heterocycles. The standard InChI is InChI=1S/C27H26N2O2/c1-20(16-17-21-10-4-2-5-11-21)28-27(30)24-18-26(29-25-15-9-8-14-23(24)25)31-19-22-12-6-3-7-13-22/h2-15,18,20H,16-17,19H2,1H3,(H,28,30)/t20-/m0/s1. The average Bonchev–Trinajstić information content (AvgIpc) is 2.82. The predicted molar refractivity (Wildman–Crippen MR) is 124 cm³/mol. The van der Waals surface area contributed by atoms with Crippen molar-refractivity contribution in [1.29, 1.82) is 0 Å². The van der Waals surface area contributed by atoms with Crippen molar-refractivity contribution in [3.63, 3.8) is 0 Å². The molecule has 0 aliphatic heterocycles. The molecule has 4 nitrogen and oxygen atoms in total. The number of para-hydroxylation sites is 1. The van der Waals surface area contributed by atoms with Crippen LogP contribution in [0, 0.1) is 0 Å². The molecule has 31 heavy (non-hydrogen) atoms. The zero-order valence-corrected chi connectivity index (χ0v) is 17.6. The Kier molecular flexibility index (Phi) is 6.58. The Labute approximate surface area is 182 Å². The molecule has 1 atom stereocenters. The van der Waals surface area contributed by atoms with Crippen LogP contribution >= 0.6 is 0 Å². The number of carbonyl (C=O) groups excluding carboxylic acids is 1. The largest absolute Gasteiger partial charge is 0.473 e. The Morgan fingerprint density at radius 2 is 1.55 bits per heavy atom. The summed E-state index contributed by atoms with van der Waals surface area (Å²) in [5.41, 5.74) is 3.66. The molecule has 0 saturated carbocycles. The summed E-state index contributed by atoms with van der Waals surface area (Å²) in [7, 11) is 0. The second kappa shape index (κ2) is 9.90. The molecule has 0 radical (unpaired) electrons. The van der Waals surface area contributed by atoms with Crippen LogP contribution in [-0.4, -0.2) is 16.9 Å². The number of fused-ring (bicyclic) bond motifs is 1. The molecule has 4 aromatic rings. The highest BCUT2D eigenvalue weighted by atomic mass is 16.5. The molecule has 4 heteroatoms. The predicted octanol–water partition coefficient (Wildman–Crippen LogP) is 5.56. The number of amides is 1. The van der Waals surface area contributed by atoms with E-state index in [1.54, 1.807) is 6.07 Å². The van der Waals surface area contributed by atoms with Crippen LogP contribution in [0.1, 0.15) is 34.8 Å². The van der Waals surface area contributed by atoms with Crippen molar-refractivity contribution in [2.24, 2.45) is 0 Å². The number of rotatable bonds is 8. The minimum atomic E-state index is -0.108. The van der Waals surface area contributed by atoms with Crippen molar-refractivity contribution in [2.75, 3.05) is 0 Å². The summed E-state index contributed by atoms with van der Waals surface area (Å²) in [5.74, 6) is 0.341. The van der Waals surface area contributed by atoms with Gasteiger partial charge in [0.25, 0.3) is 5.91 Å². The van der Waals surface area contributed by atoms with E-state index in [4.69, 9.17) is 4.74 Å². The number of nitrogens with one attached hydrogen (secondary N) is 1. The van der Waals surface area contributed by atoms with Crippen molar-refractivity contribution >= 4 is 16.8 Å². The molecule has 1 N–H and O–H groups in total. The van der Waals surface area contributed by atoms with E-state index < -0.39 is 0 Å². The molecule has 0 fully saturated rings. The fourth-order valence-electron chi connectivity index (χ4n) is 3.55. The Balaban J connectivity index is 1.49. The summed E-state index contributed by atoms with van der Waals surface area (Å²) in [6, 6.07) is 29.7. The van der Waals surface area contributed by atoms with E-state index in [2.05, 4.69) is 22.4 Å². The highest BCUT2D eigenvalue weighted by molar-refractivity contribution is 6.06. The molecule has 0 unspecified atom stereocenters. The second-order valence-electron chi connectivity index (χ2n) is 7.70. The van der Waals surface area contributed by atoms with Crippen molar-refractivity contribution in [3.8, 4) is 5.88 Å². The number of ether oxygens (including phenoxy) is 1. The topological polar surface area (TPSA) is 51.2 Å². The summed E-state index contributed by atoms with van der Waals surface area (Å²) in [6.07, 6.45) is 1.79. The maximum Gasteiger partial charge on any atom is 0.252 e. The fraction of sp³-hybridized carbons (Fsp3) is 0.185. The van der Waals surface area contributed by atoms with Gasteiger partial charge in [0.15, 0.2) is 0 Å². The second-order valence-corrected chi connectivity index (χ2v) is 7.70. The van der Waals surface area contributed by atoms with Crippen molar-refractivity contribution in [3.05, 3.63) is 108 Å². The Morgan fingerprint density at radius 1 is 0.903 bits per heavy atom. The monoisotopic (exact) mass is 410 g/mol. The number of hydrogen-bond acceptors (Lipinski definition) is 3. The molecule has 4 rings (SSSR count). The first-order valence-corrected chi connectivity index (χ1v) is 10.6. The molecule has 0 saturated heterocycles. The lowest BCUT2D eigenvalue weighted by molar-refractivity contribution is 0.0939. The van der Waals surface area contributed by atoms with Crippen molar-refractivity contribution in [2.45, 2.75) is 32.4 Å². The first-order valence-electron chi connectivity index (χ1n) is 10.6. The number of benzene rings is 3. The van der Waals surface area contributed by atoms with Crippen LogP contribution in [0.4, 0.5) is 0 Å². The van der Waals surface area contributed by atoms with E-state index in [9.17, 15) is 4.79 Å². The maximum absolute atomic E-state index is 13.1. The smallest absolute Gasteiger partial charge is 0.252 e. The van der Waals surface area contributed by atoms with Gasteiger partial charge in [-0.25, -0.2) is 4.98 Å². The lowest BCUT2D eigenvalue weighted by Crippen LogP contribution is -2.33. The van der Waals surface area contributed by atoms with Gasteiger partial charge in [-0.05, 0) is 37.0 Å². The van der Waals surface area contributed by atoms with Gasteiger partial charge >= 0.3 is 0 Å². The van der Waals surface area contributed by atoms with E-state index in [0.29, 0.717) is 18.1 Å². The van der Waals surface area contributed by atoms with Crippen LogP contribution in [0.25, 0.3) is 10.9 Å². The first kappa shape index (κ1) is 20.6. The van der Waals surface area contributed by atoms with Gasteiger partial charge in [0.1, 0.15) is 6.61 Å². The molecule has 3 aromatic carbocycles. The van der Waals surface area contributed by atoms with Gasteiger partial charge in [0.05, 0.1) is 11.1 Å². The molecule has 1 aromatic heterocycles.